The molecule has 0 aliphatic carbocycles. The van der Waals surface area contributed by atoms with Crippen LogP contribution in [-0.2, 0) is 0 Å². The Morgan fingerprint density at radius 2 is 2.36 bits per heavy atom. The van der Waals surface area contributed by atoms with Gasteiger partial charge in [0.15, 0.2) is 0 Å². The van der Waals surface area contributed by atoms with Gasteiger partial charge in [0.1, 0.15) is 10.8 Å². The molecular formula is C10H15N3S. The fourth-order valence-electron chi connectivity index (χ4n) is 1.05. The Morgan fingerprint density at radius 3 is 2.93 bits per heavy atom. The average Bonchev–Trinajstić information content (AvgIpc) is 2.15. The van der Waals surface area contributed by atoms with Crippen LogP contribution in [0.1, 0.15) is 19.4 Å². The maximum absolute atomic E-state index is 5.57. The standard InChI is InChI=1S/C10H15N3S/c1-7(2)6-13-10-8(9(11)14)4-3-5-12-10/h3-5,7H,6H2,1-2H3,(H2,11,14)(H,12,13). The normalized spacial score (nSPS) is 10.2. The van der Waals surface area contributed by atoms with Crippen molar-refractivity contribution in [3.05, 3.63) is 23.9 Å². The lowest BCUT2D eigenvalue weighted by Gasteiger charge is -2.11. The zero-order valence-corrected chi connectivity index (χ0v) is 9.27. The van der Waals surface area contributed by atoms with E-state index in [0.717, 1.165) is 17.9 Å². The Kier molecular flexibility index (Phi) is 3.83. The van der Waals surface area contributed by atoms with Crippen LogP contribution < -0.4 is 11.1 Å². The minimum atomic E-state index is 0.379. The van der Waals surface area contributed by atoms with Crippen molar-refractivity contribution in [3.8, 4) is 0 Å². The van der Waals surface area contributed by atoms with Gasteiger partial charge in [-0.3, -0.25) is 0 Å². The fourth-order valence-corrected chi connectivity index (χ4v) is 1.21. The molecule has 0 fully saturated rings. The largest absolute Gasteiger partial charge is 0.389 e. The highest BCUT2D eigenvalue weighted by Crippen LogP contribution is 2.11. The summed E-state index contributed by atoms with van der Waals surface area (Å²) >= 11 is 4.93. The first kappa shape index (κ1) is 10.9. The zero-order valence-electron chi connectivity index (χ0n) is 8.45. The Balaban J connectivity index is 2.79. The molecule has 3 N–H and O–H groups in total. The van der Waals surface area contributed by atoms with Crippen molar-refractivity contribution >= 4 is 23.0 Å². The average molecular weight is 209 g/mol. The highest BCUT2D eigenvalue weighted by atomic mass is 32.1. The summed E-state index contributed by atoms with van der Waals surface area (Å²) in [7, 11) is 0. The van der Waals surface area contributed by atoms with Crippen LogP contribution in [0.25, 0.3) is 0 Å². The molecule has 0 atom stereocenters. The quantitative estimate of drug-likeness (QED) is 0.742. The van der Waals surface area contributed by atoms with Crippen LogP contribution in [0, 0.1) is 5.92 Å². The van der Waals surface area contributed by atoms with E-state index in [1.165, 1.54) is 0 Å². The van der Waals surface area contributed by atoms with Crippen molar-refractivity contribution in [2.24, 2.45) is 11.7 Å². The molecule has 1 aromatic heterocycles. The molecule has 1 heterocycles. The summed E-state index contributed by atoms with van der Waals surface area (Å²) < 4.78 is 0. The third-order valence-electron chi connectivity index (χ3n) is 1.75. The maximum Gasteiger partial charge on any atom is 0.136 e. The van der Waals surface area contributed by atoms with Gasteiger partial charge in [-0.15, -0.1) is 0 Å². The molecule has 0 saturated carbocycles. The van der Waals surface area contributed by atoms with E-state index < -0.39 is 0 Å². The molecule has 0 aliphatic heterocycles. The number of nitrogens with zero attached hydrogens (tertiary/aromatic N) is 1. The molecule has 0 unspecified atom stereocenters. The van der Waals surface area contributed by atoms with Gasteiger partial charge in [0.2, 0.25) is 0 Å². The number of hydrogen-bond donors (Lipinski definition) is 2. The Bertz CT molecular complexity index is 323. The summed E-state index contributed by atoms with van der Waals surface area (Å²) in [5.74, 6) is 1.34. The van der Waals surface area contributed by atoms with E-state index in [2.05, 4.69) is 24.1 Å². The molecule has 76 valence electrons. The lowest BCUT2D eigenvalue weighted by molar-refractivity contribution is 0.687. The first-order valence-corrected chi connectivity index (χ1v) is 5.00. The molecule has 1 rings (SSSR count). The molecule has 0 saturated heterocycles. The van der Waals surface area contributed by atoms with Crippen LogP contribution in [0.2, 0.25) is 0 Å². The van der Waals surface area contributed by atoms with Crippen LogP contribution in [0.15, 0.2) is 18.3 Å². The highest BCUT2D eigenvalue weighted by molar-refractivity contribution is 7.80. The number of rotatable bonds is 4. The van der Waals surface area contributed by atoms with Crippen LogP contribution >= 0.6 is 12.2 Å². The second-order valence-corrected chi connectivity index (χ2v) is 3.98. The number of nitrogens with one attached hydrogen (secondary N) is 1. The van der Waals surface area contributed by atoms with Gasteiger partial charge in [-0.2, -0.15) is 0 Å². The van der Waals surface area contributed by atoms with E-state index in [1.807, 2.05) is 12.1 Å². The van der Waals surface area contributed by atoms with Crippen LogP contribution in [0.4, 0.5) is 5.82 Å². The van der Waals surface area contributed by atoms with Crippen molar-refractivity contribution in [3.63, 3.8) is 0 Å². The van der Waals surface area contributed by atoms with Gasteiger partial charge in [0, 0.05) is 12.7 Å². The molecule has 0 aliphatic rings. The summed E-state index contributed by atoms with van der Waals surface area (Å²) in [6.45, 7) is 5.14. The highest BCUT2D eigenvalue weighted by Gasteiger charge is 2.05. The van der Waals surface area contributed by atoms with Crippen molar-refractivity contribution < 1.29 is 0 Å². The minimum absolute atomic E-state index is 0.379. The lowest BCUT2D eigenvalue weighted by atomic mass is 10.2. The SMILES string of the molecule is CC(C)CNc1ncccc1C(N)=S. The molecule has 4 heteroatoms. The van der Waals surface area contributed by atoms with Gasteiger partial charge in [0.05, 0.1) is 5.56 Å². The van der Waals surface area contributed by atoms with Crippen LogP contribution in [0.5, 0.6) is 0 Å². The van der Waals surface area contributed by atoms with E-state index in [-0.39, 0.29) is 0 Å². The number of nitrogens with two attached hydrogens (primary N) is 1. The molecule has 0 radical (unpaired) electrons. The maximum atomic E-state index is 5.57. The van der Waals surface area contributed by atoms with Gasteiger partial charge in [-0.25, -0.2) is 4.98 Å². The summed E-state index contributed by atoms with van der Waals surface area (Å²) in [5.41, 5.74) is 6.38. The van der Waals surface area contributed by atoms with E-state index in [9.17, 15) is 0 Å². The van der Waals surface area contributed by atoms with Gasteiger partial charge in [-0.1, -0.05) is 26.1 Å². The monoisotopic (exact) mass is 209 g/mol. The molecule has 0 aromatic carbocycles. The Labute approximate surface area is 89.7 Å². The number of anilines is 1. The fraction of sp³-hybridized carbons (Fsp3) is 0.400. The molecule has 0 spiro atoms. The van der Waals surface area contributed by atoms with E-state index >= 15 is 0 Å². The smallest absolute Gasteiger partial charge is 0.136 e. The molecular weight excluding hydrogens is 194 g/mol. The summed E-state index contributed by atoms with van der Waals surface area (Å²) in [6, 6.07) is 3.70. The summed E-state index contributed by atoms with van der Waals surface area (Å²) in [6.07, 6.45) is 1.73. The van der Waals surface area contributed by atoms with Crippen molar-refractivity contribution in [2.75, 3.05) is 11.9 Å². The van der Waals surface area contributed by atoms with Crippen LogP contribution in [0.3, 0.4) is 0 Å². The van der Waals surface area contributed by atoms with Gasteiger partial charge >= 0.3 is 0 Å². The minimum Gasteiger partial charge on any atom is -0.389 e. The van der Waals surface area contributed by atoms with Crippen LogP contribution in [-0.4, -0.2) is 16.5 Å². The molecule has 14 heavy (non-hydrogen) atoms. The predicted octanol–water partition coefficient (Wildman–Crippen LogP) is 1.78. The summed E-state index contributed by atoms with van der Waals surface area (Å²) in [4.78, 5) is 4.57. The Hall–Kier alpha value is -1.16. The van der Waals surface area contributed by atoms with Gasteiger partial charge < -0.3 is 11.1 Å². The lowest BCUT2D eigenvalue weighted by Crippen LogP contribution is -2.16. The van der Waals surface area contributed by atoms with E-state index in [4.69, 9.17) is 18.0 Å². The second kappa shape index (κ2) is 4.91. The van der Waals surface area contributed by atoms with E-state index in [0.29, 0.717) is 10.9 Å². The second-order valence-electron chi connectivity index (χ2n) is 3.54. The summed E-state index contributed by atoms with van der Waals surface area (Å²) in [5, 5.41) is 3.22. The zero-order chi connectivity index (χ0) is 10.6. The first-order chi connectivity index (χ1) is 6.61. The molecule has 3 nitrogen and oxygen atoms in total. The van der Waals surface area contributed by atoms with Gasteiger partial charge in [0.25, 0.3) is 0 Å². The third-order valence-corrected chi connectivity index (χ3v) is 1.97. The van der Waals surface area contributed by atoms with Crippen molar-refractivity contribution in [2.45, 2.75) is 13.8 Å². The molecule has 1 aromatic rings. The van der Waals surface area contributed by atoms with Gasteiger partial charge in [-0.05, 0) is 18.1 Å². The first-order valence-electron chi connectivity index (χ1n) is 4.60. The number of hydrogen-bond acceptors (Lipinski definition) is 3. The van der Waals surface area contributed by atoms with Crippen molar-refractivity contribution in [1.29, 1.82) is 0 Å². The third kappa shape index (κ3) is 2.96. The Morgan fingerprint density at radius 1 is 1.64 bits per heavy atom. The van der Waals surface area contributed by atoms with E-state index in [1.54, 1.807) is 6.20 Å². The predicted molar refractivity (Wildman–Crippen MR) is 63.5 cm³/mol. The number of thiocarbonyl (C=S) groups is 1. The number of pyridine rings is 1. The van der Waals surface area contributed by atoms with Crippen molar-refractivity contribution in [1.82, 2.24) is 4.98 Å². The molecule has 0 amide bonds. The topological polar surface area (TPSA) is 50.9 Å². The molecule has 0 bridgehead atoms. The number of aromatic nitrogens is 1.